The zero-order valence-corrected chi connectivity index (χ0v) is 11.9. The van der Waals surface area contributed by atoms with Crippen LogP contribution in [0, 0.1) is 5.92 Å². The molecule has 0 aliphatic carbocycles. The lowest BCUT2D eigenvalue weighted by molar-refractivity contribution is -0.146. The molecule has 0 aromatic heterocycles. The number of amides is 2. The number of hydrogen-bond donors (Lipinski definition) is 2. The third kappa shape index (κ3) is 4.80. The summed E-state index contributed by atoms with van der Waals surface area (Å²) in [5, 5.41) is 11.3. The smallest absolute Gasteiger partial charge is 0.413 e. The molecule has 0 radical (unpaired) electrons. The predicted molar refractivity (Wildman–Crippen MR) is 71.2 cm³/mol. The van der Waals surface area contributed by atoms with E-state index in [4.69, 9.17) is 0 Å². The number of carbonyl (C=O) groups excluding carboxylic acids is 2. The van der Waals surface area contributed by atoms with Crippen LogP contribution in [0.15, 0.2) is 0 Å². The first kappa shape index (κ1) is 16.4. The number of nitrogens with one attached hydrogen (secondary N) is 1. The standard InChI is InChI=1S/C13H22N2O5/c1-3-9-5-6-15(10(7-9)12(17)18)8-11(16)14-13(19)20-4-2/h9-10H,3-8H2,1-2H3,(H,17,18)(H,14,16,19). The maximum atomic E-state index is 11.7. The van der Waals surface area contributed by atoms with Crippen molar-refractivity contribution in [3.63, 3.8) is 0 Å². The van der Waals surface area contributed by atoms with Crippen molar-refractivity contribution >= 4 is 18.0 Å². The average Bonchev–Trinajstić information content (AvgIpc) is 2.38. The molecule has 2 unspecified atom stereocenters. The minimum atomic E-state index is -0.924. The average molecular weight is 286 g/mol. The van der Waals surface area contributed by atoms with Crippen LogP contribution in [0.4, 0.5) is 4.79 Å². The monoisotopic (exact) mass is 286 g/mol. The summed E-state index contributed by atoms with van der Waals surface area (Å²) in [6.45, 7) is 4.30. The first-order valence-electron chi connectivity index (χ1n) is 6.91. The summed E-state index contributed by atoms with van der Waals surface area (Å²) in [5.41, 5.74) is 0. The highest BCUT2D eigenvalue weighted by atomic mass is 16.5. The van der Waals surface area contributed by atoms with Gasteiger partial charge in [-0.15, -0.1) is 0 Å². The van der Waals surface area contributed by atoms with Gasteiger partial charge in [0, 0.05) is 0 Å². The van der Waals surface area contributed by atoms with Gasteiger partial charge in [0.15, 0.2) is 0 Å². The molecule has 0 bridgehead atoms. The van der Waals surface area contributed by atoms with E-state index in [0.717, 1.165) is 12.8 Å². The third-order valence-electron chi connectivity index (χ3n) is 3.55. The van der Waals surface area contributed by atoms with Crippen LogP contribution in [-0.2, 0) is 14.3 Å². The van der Waals surface area contributed by atoms with Crippen molar-refractivity contribution < 1.29 is 24.2 Å². The van der Waals surface area contributed by atoms with Gasteiger partial charge >= 0.3 is 12.1 Å². The number of carboxylic acid groups (broad SMARTS) is 1. The molecule has 1 aliphatic rings. The number of imide groups is 1. The van der Waals surface area contributed by atoms with Crippen LogP contribution in [0.25, 0.3) is 0 Å². The van der Waals surface area contributed by atoms with Gasteiger partial charge in [-0.3, -0.25) is 19.8 Å². The lowest BCUT2D eigenvalue weighted by atomic mass is 9.89. The number of carboxylic acids is 1. The molecule has 2 atom stereocenters. The molecule has 1 saturated heterocycles. The van der Waals surface area contributed by atoms with Crippen LogP contribution in [0.1, 0.15) is 33.1 Å². The van der Waals surface area contributed by atoms with Crippen LogP contribution in [0.2, 0.25) is 0 Å². The molecule has 0 spiro atoms. The Hall–Kier alpha value is -1.63. The SMILES string of the molecule is CCOC(=O)NC(=O)CN1CCC(CC)CC1C(=O)O. The lowest BCUT2D eigenvalue weighted by Crippen LogP contribution is -2.51. The topological polar surface area (TPSA) is 95.9 Å². The second kappa shape index (κ2) is 7.84. The fraction of sp³-hybridized carbons (Fsp3) is 0.769. The van der Waals surface area contributed by atoms with E-state index in [1.807, 2.05) is 6.92 Å². The Bertz CT molecular complexity index is 372. The zero-order valence-electron chi connectivity index (χ0n) is 11.9. The first-order chi connectivity index (χ1) is 9.47. The molecule has 2 amide bonds. The van der Waals surface area contributed by atoms with Crippen molar-refractivity contribution in [1.82, 2.24) is 10.2 Å². The van der Waals surface area contributed by atoms with Crippen molar-refractivity contribution in [3.05, 3.63) is 0 Å². The number of likely N-dealkylation sites (tertiary alicyclic amines) is 1. The Morgan fingerprint density at radius 3 is 2.60 bits per heavy atom. The number of carbonyl (C=O) groups is 3. The second-order valence-electron chi connectivity index (χ2n) is 4.89. The summed E-state index contributed by atoms with van der Waals surface area (Å²) in [6, 6.07) is -0.665. The summed E-state index contributed by atoms with van der Waals surface area (Å²) in [5.74, 6) is -1.09. The number of hydrogen-bond acceptors (Lipinski definition) is 5. The van der Waals surface area contributed by atoms with Crippen molar-refractivity contribution in [2.24, 2.45) is 5.92 Å². The van der Waals surface area contributed by atoms with E-state index in [0.29, 0.717) is 18.9 Å². The van der Waals surface area contributed by atoms with E-state index in [1.54, 1.807) is 11.8 Å². The van der Waals surface area contributed by atoms with Crippen LogP contribution < -0.4 is 5.32 Å². The Morgan fingerprint density at radius 1 is 1.35 bits per heavy atom. The van der Waals surface area contributed by atoms with Gasteiger partial charge in [-0.2, -0.15) is 0 Å². The number of alkyl carbamates (subject to hydrolysis) is 1. The van der Waals surface area contributed by atoms with Crippen LogP contribution in [0.5, 0.6) is 0 Å². The van der Waals surface area contributed by atoms with Gasteiger partial charge in [-0.05, 0) is 32.2 Å². The summed E-state index contributed by atoms with van der Waals surface area (Å²) >= 11 is 0. The third-order valence-corrected chi connectivity index (χ3v) is 3.55. The van der Waals surface area contributed by atoms with Crippen molar-refractivity contribution in [1.29, 1.82) is 0 Å². The zero-order chi connectivity index (χ0) is 15.1. The molecule has 20 heavy (non-hydrogen) atoms. The van der Waals surface area contributed by atoms with E-state index >= 15 is 0 Å². The number of nitrogens with zero attached hydrogens (tertiary/aromatic N) is 1. The van der Waals surface area contributed by atoms with E-state index in [1.165, 1.54) is 0 Å². The summed E-state index contributed by atoms with van der Waals surface area (Å²) in [7, 11) is 0. The molecule has 0 saturated carbocycles. The van der Waals surface area contributed by atoms with Crippen molar-refractivity contribution in [3.8, 4) is 0 Å². The van der Waals surface area contributed by atoms with Crippen molar-refractivity contribution in [2.45, 2.75) is 39.2 Å². The molecule has 2 N–H and O–H groups in total. The van der Waals surface area contributed by atoms with E-state index in [-0.39, 0.29) is 13.2 Å². The first-order valence-corrected chi connectivity index (χ1v) is 6.91. The highest BCUT2D eigenvalue weighted by molar-refractivity contribution is 5.93. The van der Waals surface area contributed by atoms with Gasteiger partial charge in [0.1, 0.15) is 6.04 Å². The summed E-state index contributed by atoms with van der Waals surface area (Å²) in [6.07, 6.45) is 1.55. The molecular weight excluding hydrogens is 264 g/mol. The molecule has 114 valence electrons. The Balaban J connectivity index is 2.54. The minimum Gasteiger partial charge on any atom is -0.480 e. The number of aliphatic carboxylic acids is 1. The summed E-state index contributed by atoms with van der Waals surface area (Å²) < 4.78 is 4.60. The molecule has 1 aliphatic heterocycles. The molecule has 1 fully saturated rings. The van der Waals surface area contributed by atoms with Crippen LogP contribution in [0.3, 0.4) is 0 Å². The second-order valence-corrected chi connectivity index (χ2v) is 4.89. The summed E-state index contributed by atoms with van der Waals surface area (Å²) in [4.78, 5) is 35.7. The Morgan fingerprint density at radius 2 is 2.05 bits per heavy atom. The fourth-order valence-electron chi connectivity index (χ4n) is 2.41. The molecule has 7 heteroatoms. The van der Waals surface area contributed by atoms with Gasteiger partial charge < -0.3 is 9.84 Å². The molecule has 0 aromatic carbocycles. The molecule has 1 rings (SSSR count). The van der Waals surface area contributed by atoms with E-state index in [9.17, 15) is 19.5 Å². The van der Waals surface area contributed by atoms with Gasteiger partial charge in [0.05, 0.1) is 13.2 Å². The van der Waals surface area contributed by atoms with Gasteiger partial charge in [0.25, 0.3) is 0 Å². The minimum absolute atomic E-state index is 0.105. The van der Waals surface area contributed by atoms with Gasteiger partial charge in [-0.1, -0.05) is 13.3 Å². The Kier molecular flexibility index (Phi) is 6.44. The largest absolute Gasteiger partial charge is 0.480 e. The lowest BCUT2D eigenvalue weighted by Gasteiger charge is -2.36. The van der Waals surface area contributed by atoms with Crippen LogP contribution >= 0.6 is 0 Å². The predicted octanol–water partition coefficient (Wildman–Crippen LogP) is 0.834. The normalized spacial score (nSPS) is 23.1. The number of ether oxygens (including phenoxy) is 1. The van der Waals surface area contributed by atoms with Gasteiger partial charge in [0.2, 0.25) is 5.91 Å². The highest BCUT2D eigenvalue weighted by Gasteiger charge is 2.33. The highest BCUT2D eigenvalue weighted by Crippen LogP contribution is 2.25. The Labute approximate surface area is 118 Å². The quantitative estimate of drug-likeness (QED) is 0.777. The van der Waals surface area contributed by atoms with Gasteiger partial charge in [-0.25, -0.2) is 4.79 Å². The van der Waals surface area contributed by atoms with E-state index in [2.05, 4.69) is 10.1 Å². The van der Waals surface area contributed by atoms with E-state index < -0.39 is 24.0 Å². The van der Waals surface area contributed by atoms with Crippen molar-refractivity contribution in [2.75, 3.05) is 19.7 Å². The molecule has 1 heterocycles. The molecule has 0 aromatic rings. The maximum Gasteiger partial charge on any atom is 0.413 e. The number of rotatable bonds is 5. The van der Waals surface area contributed by atoms with Crippen LogP contribution in [-0.4, -0.2) is 53.7 Å². The number of piperidine rings is 1. The molecular formula is C13H22N2O5. The maximum absolute atomic E-state index is 11.7. The fourth-order valence-corrected chi connectivity index (χ4v) is 2.41. The molecule has 7 nitrogen and oxygen atoms in total.